The summed E-state index contributed by atoms with van der Waals surface area (Å²) in [4.78, 5) is 4.68. The fourth-order valence-electron chi connectivity index (χ4n) is 3.56. The lowest BCUT2D eigenvalue weighted by Gasteiger charge is -2.42. The highest BCUT2D eigenvalue weighted by atomic mass is 16.5. The van der Waals surface area contributed by atoms with Crippen LogP contribution in [0, 0.1) is 5.41 Å². The van der Waals surface area contributed by atoms with Gasteiger partial charge in [0, 0.05) is 26.8 Å². The summed E-state index contributed by atoms with van der Waals surface area (Å²) >= 11 is 0. The van der Waals surface area contributed by atoms with E-state index in [-0.39, 0.29) is 0 Å². The monoisotopic (exact) mass is 341 g/mol. The molecule has 5 heteroatoms. The molecule has 0 radical (unpaired) electrons. The van der Waals surface area contributed by atoms with Crippen LogP contribution >= 0.6 is 0 Å². The first kappa shape index (κ1) is 21.2. The summed E-state index contributed by atoms with van der Waals surface area (Å²) in [5.41, 5.74) is -0.314. The molecule has 0 atom stereocenters. The molecule has 0 aliphatic heterocycles. The molecule has 3 N–H and O–H groups in total. The van der Waals surface area contributed by atoms with E-state index in [1.807, 2.05) is 0 Å². The smallest absolute Gasteiger partial charge is 0.191 e. The quantitative estimate of drug-likeness (QED) is 0.377. The minimum atomic E-state index is -0.671. The fraction of sp³-hybridized carbons (Fsp3) is 0.947. The number of aliphatic imine (C=N–C) groups is 1. The van der Waals surface area contributed by atoms with Gasteiger partial charge in [-0.2, -0.15) is 0 Å². The van der Waals surface area contributed by atoms with Crippen molar-refractivity contribution in [3.05, 3.63) is 0 Å². The van der Waals surface area contributed by atoms with Crippen LogP contribution < -0.4 is 10.6 Å². The molecule has 5 nitrogen and oxygen atoms in total. The molecule has 0 saturated heterocycles. The summed E-state index contributed by atoms with van der Waals surface area (Å²) < 4.78 is 5.27. The second-order valence-electron chi connectivity index (χ2n) is 7.37. The Hall–Kier alpha value is -0.810. The molecule has 0 heterocycles. The highest BCUT2D eigenvalue weighted by molar-refractivity contribution is 5.79. The highest BCUT2D eigenvalue weighted by Gasteiger charge is 2.36. The first-order valence-corrected chi connectivity index (χ1v) is 9.76. The average Bonchev–Trinajstić information content (AvgIpc) is 2.51. The largest absolute Gasteiger partial charge is 0.388 e. The van der Waals surface area contributed by atoms with Crippen molar-refractivity contribution in [2.24, 2.45) is 10.4 Å². The molecule has 0 amide bonds. The van der Waals surface area contributed by atoms with Crippen molar-refractivity contribution in [3.8, 4) is 0 Å². The van der Waals surface area contributed by atoms with E-state index in [4.69, 9.17) is 4.74 Å². The lowest BCUT2D eigenvalue weighted by Crippen LogP contribution is -2.47. The second-order valence-corrected chi connectivity index (χ2v) is 7.37. The molecule has 1 fully saturated rings. The zero-order valence-electron chi connectivity index (χ0n) is 16.3. The van der Waals surface area contributed by atoms with Crippen LogP contribution in [0.15, 0.2) is 4.99 Å². The molecular formula is C19H39N3O2. The standard InChI is InChI=1S/C19H39N3O2/c1-5-9-19(23,10-6-2)16-22-17(20-7-3)21-15-18(11-8-12-18)13-14-24-4/h23H,5-16H2,1-4H3,(H2,20,21,22). The molecule has 0 spiro atoms. The van der Waals surface area contributed by atoms with Crippen LogP contribution in [-0.2, 0) is 4.74 Å². The van der Waals surface area contributed by atoms with Gasteiger partial charge in [0.1, 0.15) is 0 Å². The van der Waals surface area contributed by atoms with Gasteiger partial charge in [0.05, 0.1) is 12.1 Å². The van der Waals surface area contributed by atoms with E-state index in [0.29, 0.717) is 12.0 Å². The predicted octanol–water partition coefficient (Wildman–Crippen LogP) is 3.08. The van der Waals surface area contributed by atoms with E-state index in [9.17, 15) is 5.11 Å². The third kappa shape index (κ3) is 6.98. The maximum atomic E-state index is 10.8. The highest BCUT2D eigenvalue weighted by Crippen LogP contribution is 2.43. The fourth-order valence-corrected chi connectivity index (χ4v) is 3.56. The number of guanidine groups is 1. The van der Waals surface area contributed by atoms with Crippen LogP contribution in [0.2, 0.25) is 0 Å². The van der Waals surface area contributed by atoms with Gasteiger partial charge in [0.15, 0.2) is 5.96 Å². The van der Waals surface area contributed by atoms with Crippen molar-refractivity contribution in [3.63, 3.8) is 0 Å². The summed E-state index contributed by atoms with van der Waals surface area (Å²) in [7, 11) is 1.77. The molecular weight excluding hydrogens is 302 g/mol. The Morgan fingerprint density at radius 3 is 2.29 bits per heavy atom. The summed E-state index contributed by atoms with van der Waals surface area (Å²) in [5.74, 6) is 0.826. The van der Waals surface area contributed by atoms with Crippen LogP contribution in [0.3, 0.4) is 0 Å². The Balaban J connectivity index is 2.61. The lowest BCUT2D eigenvalue weighted by molar-refractivity contribution is 0.0305. The van der Waals surface area contributed by atoms with E-state index in [1.54, 1.807) is 7.11 Å². The number of nitrogens with one attached hydrogen (secondary N) is 2. The number of nitrogens with zero attached hydrogens (tertiary/aromatic N) is 1. The van der Waals surface area contributed by atoms with Gasteiger partial charge in [-0.05, 0) is 44.4 Å². The molecule has 1 saturated carbocycles. The summed E-state index contributed by atoms with van der Waals surface area (Å²) in [5, 5.41) is 17.6. The predicted molar refractivity (Wildman–Crippen MR) is 102 cm³/mol. The van der Waals surface area contributed by atoms with Crippen LogP contribution in [-0.4, -0.2) is 50.0 Å². The Labute approximate surface area is 148 Å². The normalized spacial score (nSPS) is 17.5. The molecule has 1 aliphatic rings. The maximum absolute atomic E-state index is 10.8. The summed E-state index contributed by atoms with van der Waals surface area (Å²) in [6.45, 7) is 9.36. The topological polar surface area (TPSA) is 65.9 Å². The Morgan fingerprint density at radius 1 is 1.17 bits per heavy atom. The lowest BCUT2D eigenvalue weighted by atomic mass is 9.67. The van der Waals surface area contributed by atoms with E-state index in [2.05, 4.69) is 36.4 Å². The number of aliphatic hydroxyl groups is 1. The van der Waals surface area contributed by atoms with Gasteiger partial charge in [0.25, 0.3) is 0 Å². The Kier molecular flexibility index (Phi) is 9.67. The minimum Gasteiger partial charge on any atom is -0.388 e. The van der Waals surface area contributed by atoms with E-state index in [1.165, 1.54) is 19.3 Å². The Bertz CT molecular complexity index is 362. The van der Waals surface area contributed by atoms with Crippen LogP contribution in [0.25, 0.3) is 0 Å². The number of methoxy groups -OCH3 is 1. The van der Waals surface area contributed by atoms with Crippen molar-refractivity contribution in [2.75, 3.05) is 33.4 Å². The molecule has 0 aromatic heterocycles. The first-order chi connectivity index (χ1) is 11.5. The summed E-state index contributed by atoms with van der Waals surface area (Å²) in [6, 6.07) is 0. The molecule has 142 valence electrons. The Morgan fingerprint density at radius 2 is 1.83 bits per heavy atom. The number of hydrogen-bond acceptors (Lipinski definition) is 3. The van der Waals surface area contributed by atoms with Gasteiger partial charge in [-0.3, -0.25) is 4.99 Å². The maximum Gasteiger partial charge on any atom is 0.191 e. The molecule has 24 heavy (non-hydrogen) atoms. The zero-order chi connectivity index (χ0) is 17.9. The van der Waals surface area contributed by atoms with Gasteiger partial charge in [-0.15, -0.1) is 0 Å². The van der Waals surface area contributed by atoms with Gasteiger partial charge >= 0.3 is 0 Å². The third-order valence-electron chi connectivity index (χ3n) is 5.19. The molecule has 1 aliphatic carbocycles. The SMILES string of the molecule is CCCC(O)(CCC)CN=C(NCC)NCC1(CCOC)CCC1. The molecule has 0 aromatic rings. The molecule has 1 rings (SSSR count). The van der Waals surface area contributed by atoms with Crippen molar-refractivity contribution >= 4 is 5.96 Å². The van der Waals surface area contributed by atoms with Crippen LogP contribution in [0.4, 0.5) is 0 Å². The van der Waals surface area contributed by atoms with Gasteiger partial charge in [-0.1, -0.05) is 33.1 Å². The van der Waals surface area contributed by atoms with Crippen molar-refractivity contribution in [1.82, 2.24) is 10.6 Å². The number of hydrogen-bond donors (Lipinski definition) is 3. The number of ether oxygens (including phenoxy) is 1. The van der Waals surface area contributed by atoms with Gasteiger partial charge in [-0.25, -0.2) is 0 Å². The first-order valence-electron chi connectivity index (χ1n) is 9.76. The van der Waals surface area contributed by atoms with Gasteiger partial charge in [0.2, 0.25) is 0 Å². The third-order valence-corrected chi connectivity index (χ3v) is 5.19. The van der Waals surface area contributed by atoms with Crippen molar-refractivity contribution < 1.29 is 9.84 Å². The van der Waals surface area contributed by atoms with Gasteiger partial charge < -0.3 is 20.5 Å². The van der Waals surface area contributed by atoms with E-state index >= 15 is 0 Å². The molecule has 0 bridgehead atoms. The van der Waals surface area contributed by atoms with Crippen molar-refractivity contribution in [1.29, 1.82) is 0 Å². The van der Waals surface area contributed by atoms with Crippen LogP contribution in [0.5, 0.6) is 0 Å². The van der Waals surface area contributed by atoms with E-state index in [0.717, 1.165) is 57.8 Å². The summed E-state index contributed by atoms with van der Waals surface area (Å²) in [6.07, 6.45) is 8.52. The molecule has 0 unspecified atom stereocenters. The second kappa shape index (κ2) is 10.9. The number of rotatable bonds is 12. The van der Waals surface area contributed by atoms with E-state index < -0.39 is 5.60 Å². The van der Waals surface area contributed by atoms with Crippen LogP contribution in [0.1, 0.15) is 72.1 Å². The molecule has 0 aromatic carbocycles. The average molecular weight is 342 g/mol. The zero-order valence-corrected chi connectivity index (χ0v) is 16.3. The van der Waals surface area contributed by atoms with Crippen molar-refractivity contribution in [2.45, 2.75) is 77.7 Å². The minimum absolute atomic E-state index is 0.356.